The molecule has 0 rings (SSSR count). The van der Waals surface area contributed by atoms with Crippen molar-refractivity contribution in [2.75, 3.05) is 0 Å². The van der Waals surface area contributed by atoms with E-state index < -0.39 is 11.4 Å². The molecule has 8 heavy (non-hydrogen) atoms. The molecule has 0 fully saturated rings. The van der Waals surface area contributed by atoms with E-state index in [9.17, 15) is 8.78 Å². The van der Waals surface area contributed by atoms with Crippen LogP contribution >= 0.6 is 11.6 Å². The second-order valence-electron chi connectivity index (χ2n) is 0.803. The van der Waals surface area contributed by atoms with Gasteiger partial charge < -0.3 is 7.96 Å². The van der Waals surface area contributed by atoms with Crippen LogP contribution in [0.1, 0.15) is 2.85 Å². The average molecular weight is 157 g/mol. The molecule has 0 heterocycles. The maximum Gasteiger partial charge on any atom is 2.00 e. The fourth-order valence-corrected chi connectivity index (χ4v) is 0. The van der Waals surface area contributed by atoms with Crippen LogP contribution in [0.5, 0.6) is 0 Å². The average Bonchev–Trinajstić information content (AvgIpc) is 1.31. The largest absolute Gasteiger partial charge is 2.00 e. The first kappa shape index (κ1) is 11.2. The van der Waals surface area contributed by atoms with Gasteiger partial charge in [-0.15, -0.1) is 0 Å². The summed E-state index contributed by atoms with van der Waals surface area (Å²) in [5.41, 5.74) is 0. The van der Waals surface area contributed by atoms with Crippen molar-refractivity contribution >= 4 is 40.6 Å². The van der Waals surface area contributed by atoms with Crippen LogP contribution in [0.3, 0.4) is 0 Å². The number of carboxylic acid groups (broad SMARTS) is 1. The summed E-state index contributed by atoms with van der Waals surface area (Å²) in [6.07, 6.45) is 0. The minimum Gasteiger partial charge on any atom is -1.00 e. The zero-order valence-electron chi connectivity index (χ0n) is 5.70. The van der Waals surface area contributed by atoms with Crippen molar-refractivity contribution in [1.29, 1.82) is 0 Å². The van der Waals surface area contributed by atoms with Crippen LogP contribution in [0, 0.1) is 0 Å². The van der Waals surface area contributed by atoms with Crippen molar-refractivity contribution in [3.63, 3.8) is 0 Å². The van der Waals surface area contributed by atoms with Gasteiger partial charge in [-0.25, -0.2) is 4.79 Å². The van der Waals surface area contributed by atoms with Crippen LogP contribution in [-0.4, -0.2) is 39.5 Å². The molecule has 6 heteroatoms. The second-order valence-corrected chi connectivity index (χ2v) is 1.28. The number of alkyl halides is 3. The Balaban J connectivity index is -0.0000000600. The number of aliphatic carboxylic acids is 1. The van der Waals surface area contributed by atoms with Gasteiger partial charge in [-0.3, -0.25) is 0 Å². The van der Waals surface area contributed by atoms with Gasteiger partial charge in [-0.2, -0.15) is 8.78 Å². The van der Waals surface area contributed by atoms with E-state index in [1.54, 1.807) is 0 Å². The molecule has 0 spiro atoms. The molecule has 0 aliphatic carbocycles. The maximum atomic E-state index is 11.0. The molecular formula is C2H3ClF2MgO2. The summed E-state index contributed by atoms with van der Waals surface area (Å²) < 4.78 is 22.0. The van der Waals surface area contributed by atoms with Crippen LogP contribution in [0.25, 0.3) is 0 Å². The molecule has 0 radical (unpaired) electrons. The van der Waals surface area contributed by atoms with E-state index in [4.69, 9.17) is 9.90 Å². The molecule has 0 amide bonds. The van der Waals surface area contributed by atoms with E-state index in [0.29, 0.717) is 0 Å². The van der Waals surface area contributed by atoms with Crippen molar-refractivity contribution in [3.8, 4) is 0 Å². The summed E-state index contributed by atoms with van der Waals surface area (Å²) in [5, 5.41) is 3.26. The molecule has 0 aliphatic heterocycles. The number of carboxylic acids is 1. The molecule has 0 saturated heterocycles. The van der Waals surface area contributed by atoms with Crippen molar-refractivity contribution in [2.45, 2.75) is 5.38 Å². The van der Waals surface area contributed by atoms with Crippen LogP contribution in [0.4, 0.5) is 8.78 Å². The minimum atomic E-state index is -4.11. The summed E-state index contributed by atoms with van der Waals surface area (Å²) in [7, 11) is 0. The number of halogens is 3. The summed E-state index contributed by atoms with van der Waals surface area (Å²) >= 11 is 3.94. The monoisotopic (exact) mass is 156 g/mol. The van der Waals surface area contributed by atoms with Gasteiger partial charge in [-0.05, 0) is 11.6 Å². The molecule has 2 nitrogen and oxygen atoms in total. The number of hydrogen-bond acceptors (Lipinski definition) is 1. The zero-order chi connectivity index (χ0) is 6.08. The second kappa shape index (κ2) is 3.42. The topological polar surface area (TPSA) is 37.3 Å². The van der Waals surface area contributed by atoms with Gasteiger partial charge in [-0.1, -0.05) is 0 Å². The molecule has 46 valence electrons. The summed E-state index contributed by atoms with van der Waals surface area (Å²) in [6.45, 7) is 0. The Labute approximate surface area is 67.9 Å². The fourth-order valence-electron chi connectivity index (χ4n) is 0. The van der Waals surface area contributed by atoms with E-state index in [-0.39, 0.29) is 25.9 Å². The van der Waals surface area contributed by atoms with E-state index in [2.05, 4.69) is 11.6 Å². The van der Waals surface area contributed by atoms with Crippen molar-refractivity contribution in [1.82, 2.24) is 0 Å². The molecule has 0 aliphatic rings. The molecular weight excluding hydrogens is 154 g/mol. The minimum absolute atomic E-state index is 0. The van der Waals surface area contributed by atoms with Gasteiger partial charge >= 0.3 is 34.4 Å². The third-order valence-corrected chi connectivity index (χ3v) is 0.404. The van der Waals surface area contributed by atoms with Gasteiger partial charge in [0.05, 0.1) is 0 Å². The van der Waals surface area contributed by atoms with Gasteiger partial charge in [0.1, 0.15) is 0 Å². The Hall–Kier alpha value is 0.386. The Morgan fingerprint density at radius 2 is 1.88 bits per heavy atom. The predicted octanol–water partition coefficient (Wildman–Crippen LogP) is 0.747. The van der Waals surface area contributed by atoms with Gasteiger partial charge in [0, 0.05) is 0 Å². The third kappa shape index (κ3) is 4.54. The fraction of sp³-hybridized carbons (Fsp3) is 0.500. The molecule has 0 bridgehead atoms. The molecule has 0 aromatic heterocycles. The summed E-state index contributed by atoms with van der Waals surface area (Å²) in [5.74, 6) is -2.32. The van der Waals surface area contributed by atoms with Gasteiger partial charge in [0.15, 0.2) is 0 Å². The third-order valence-electron chi connectivity index (χ3n) is 0.243. The van der Waals surface area contributed by atoms with Gasteiger partial charge in [0.25, 0.3) is 0 Å². The van der Waals surface area contributed by atoms with E-state index in [1.807, 2.05) is 0 Å². The molecule has 0 aromatic carbocycles. The summed E-state index contributed by atoms with van der Waals surface area (Å²) in [6, 6.07) is 0. The van der Waals surface area contributed by atoms with Crippen LogP contribution < -0.4 is 0 Å². The SMILES string of the molecule is O=C(O)C(F)(F)Cl.[H-].[H-].[Mg+2]. The zero-order valence-corrected chi connectivity index (χ0v) is 5.87. The Bertz CT molecular complexity index is 97.7. The Morgan fingerprint density at radius 3 is 1.88 bits per heavy atom. The molecule has 0 atom stereocenters. The molecule has 1 N–H and O–H groups in total. The van der Waals surface area contributed by atoms with E-state index in [1.165, 1.54) is 0 Å². The normalized spacial score (nSPS) is 9.88. The molecule has 0 aromatic rings. The first-order valence-corrected chi connectivity index (χ1v) is 1.62. The number of hydrogen-bond donors (Lipinski definition) is 1. The smallest absolute Gasteiger partial charge is 1.00 e. The predicted molar refractivity (Wildman–Crippen MR) is 26.4 cm³/mol. The quantitative estimate of drug-likeness (QED) is 0.450. The van der Waals surface area contributed by atoms with Crippen molar-refractivity contribution in [3.05, 3.63) is 0 Å². The Kier molecular flexibility index (Phi) is 4.79. The van der Waals surface area contributed by atoms with Gasteiger partial charge in [0.2, 0.25) is 0 Å². The van der Waals surface area contributed by atoms with Crippen LogP contribution in [-0.2, 0) is 4.79 Å². The van der Waals surface area contributed by atoms with E-state index in [0.717, 1.165) is 0 Å². The maximum absolute atomic E-state index is 11.0. The summed E-state index contributed by atoms with van der Waals surface area (Å²) in [4.78, 5) is 9.14. The van der Waals surface area contributed by atoms with Crippen LogP contribution in [0.15, 0.2) is 0 Å². The van der Waals surface area contributed by atoms with Crippen LogP contribution in [0.2, 0.25) is 0 Å². The number of rotatable bonds is 1. The van der Waals surface area contributed by atoms with E-state index >= 15 is 0 Å². The first-order valence-electron chi connectivity index (χ1n) is 1.24. The van der Waals surface area contributed by atoms with Crippen molar-refractivity contribution in [2.24, 2.45) is 0 Å². The van der Waals surface area contributed by atoms with Crippen molar-refractivity contribution < 1.29 is 21.5 Å². The standard InChI is InChI=1S/C2HClF2O2.Mg.2H/c3-2(4,5)1(6)7;;;/h(H,6,7);;;/q;+2;2*-1. The molecule has 0 saturated carbocycles. The molecule has 0 unspecified atom stereocenters. The Morgan fingerprint density at radius 1 is 1.75 bits per heavy atom. The first-order chi connectivity index (χ1) is 2.94. The number of carbonyl (C=O) groups is 1.